The molecule has 2 aromatic heterocycles. The lowest BCUT2D eigenvalue weighted by atomic mass is 10.0. The summed E-state index contributed by atoms with van der Waals surface area (Å²) in [5, 5.41) is 6.51. The van der Waals surface area contributed by atoms with Gasteiger partial charge < -0.3 is 15.0 Å². The highest BCUT2D eigenvalue weighted by molar-refractivity contribution is 6.01. The van der Waals surface area contributed by atoms with E-state index in [1.54, 1.807) is 18.3 Å². The van der Waals surface area contributed by atoms with Crippen LogP contribution < -0.4 is 10.6 Å². The van der Waals surface area contributed by atoms with Crippen LogP contribution in [0.15, 0.2) is 24.5 Å². The molecule has 33 heavy (non-hydrogen) atoms. The molecular formula is C23H24F3N5O2. The van der Waals surface area contributed by atoms with Crippen molar-refractivity contribution in [1.82, 2.24) is 15.0 Å². The number of hydrogen-bond donors (Lipinski definition) is 3. The third-order valence-corrected chi connectivity index (χ3v) is 6.34. The number of hydrogen-bond acceptors (Lipinski definition) is 5. The normalized spacial score (nSPS) is 16.8. The average Bonchev–Trinajstić information content (AvgIpc) is 3.31. The maximum Gasteiger partial charge on any atom is 0.419 e. The molecule has 0 atom stereocenters. The van der Waals surface area contributed by atoms with E-state index >= 15 is 0 Å². The van der Waals surface area contributed by atoms with E-state index in [-0.39, 0.29) is 23.6 Å². The number of nitrogens with zero attached hydrogens (tertiary/aromatic N) is 2. The van der Waals surface area contributed by atoms with Crippen LogP contribution in [0.1, 0.15) is 55.6 Å². The molecule has 1 aromatic carbocycles. The van der Waals surface area contributed by atoms with Crippen molar-refractivity contribution in [3.8, 4) is 11.3 Å². The Kier molecular flexibility index (Phi) is 5.38. The highest BCUT2D eigenvalue weighted by Gasteiger charge is 2.37. The van der Waals surface area contributed by atoms with Gasteiger partial charge >= 0.3 is 12.3 Å². The standard InChI is InChI=1S/C23H24F3N5O2/c1-33-22(32)30-17-9-8-14-15(10-27-20(14)18(17)12-6-7-12)19-16(23(24,25)26)11-28-21(31-19)29-13-4-2-3-5-13/h8-13,27H,2-7H2,1H3,(H,30,32)(H,28,29,31). The molecule has 7 nitrogen and oxygen atoms in total. The summed E-state index contributed by atoms with van der Waals surface area (Å²) in [5.74, 6) is 0.421. The van der Waals surface area contributed by atoms with Crippen molar-refractivity contribution in [2.75, 3.05) is 17.7 Å². The summed E-state index contributed by atoms with van der Waals surface area (Å²) in [6.07, 6.45) is 3.17. The molecule has 2 fully saturated rings. The van der Waals surface area contributed by atoms with E-state index in [4.69, 9.17) is 4.74 Å². The summed E-state index contributed by atoms with van der Waals surface area (Å²) < 4.78 is 46.3. The first-order valence-corrected chi connectivity index (χ1v) is 11.0. The highest BCUT2D eigenvalue weighted by Crippen LogP contribution is 2.48. The van der Waals surface area contributed by atoms with Gasteiger partial charge in [0, 0.05) is 40.6 Å². The SMILES string of the molecule is COC(=O)Nc1ccc2c(-c3nc(NC4CCCC4)ncc3C(F)(F)F)c[nH]c2c1C1CC1. The molecule has 2 aliphatic carbocycles. The number of fused-ring (bicyclic) bond motifs is 1. The molecule has 1 amide bonds. The molecular weight excluding hydrogens is 435 g/mol. The largest absolute Gasteiger partial charge is 0.453 e. The summed E-state index contributed by atoms with van der Waals surface area (Å²) in [4.78, 5) is 23.2. The lowest BCUT2D eigenvalue weighted by molar-refractivity contribution is -0.137. The summed E-state index contributed by atoms with van der Waals surface area (Å²) in [6, 6.07) is 3.58. The van der Waals surface area contributed by atoms with Gasteiger partial charge in [0.25, 0.3) is 0 Å². The maximum atomic E-state index is 13.9. The van der Waals surface area contributed by atoms with Crippen molar-refractivity contribution in [2.24, 2.45) is 0 Å². The van der Waals surface area contributed by atoms with Gasteiger partial charge in [0.2, 0.25) is 5.95 Å². The summed E-state index contributed by atoms with van der Waals surface area (Å²) in [7, 11) is 1.28. The van der Waals surface area contributed by atoms with E-state index < -0.39 is 17.8 Å². The zero-order chi connectivity index (χ0) is 23.2. The Morgan fingerprint density at radius 2 is 1.94 bits per heavy atom. The first-order chi connectivity index (χ1) is 15.8. The van der Waals surface area contributed by atoms with Gasteiger partial charge in [0.15, 0.2) is 0 Å². The van der Waals surface area contributed by atoms with Crippen molar-refractivity contribution in [1.29, 1.82) is 0 Å². The van der Waals surface area contributed by atoms with E-state index in [9.17, 15) is 18.0 Å². The van der Waals surface area contributed by atoms with Crippen molar-refractivity contribution in [3.05, 3.63) is 35.7 Å². The Morgan fingerprint density at radius 1 is 1.18 bits per heavy atom. The Balaban J connectivity index is 1.62. The monoisotopic (exact) mass is 459 g/mol. The van der Waals surface area contributed by atoms with Crippen molar-refractivity contribution < 1.29 is 22.7 Å². The predicted octanol–water partition coefficient (Wildman–Crippen LogP) is 6.05. The number of aromatic nitrogens is 3. The number of aromatic amines is 1. The molecule has 2 aliphatic rings. The van der Waals surface area contributed by atoms with Gasteiger partial charge in [-0.2, -0.15) is 13.2 Å². The van der Waals surface area contributed by atoms with Crippen LogP contribution in [-0.4, -0.2) is 34.2 Å². The number of benzene rings is 1. The zero-order valence-electron chi connectivity index (χ0n) is 18.1. The minimum Gasteiger partial charge on any atom is -0.453 e. The minimum atomic E-state index is -4.60. The second kappa shape index (κ2) is 8.24. The third kappa shape index (κ3) is 4.21. The van der Waals surface area contributed by atoms with Crippen LogP contribution in [0.5, 0.6) is 0 Å². The van der Waals surface area contributed by atoms with Crippen LogP contribution >= 0.6 is 0 Å². The fourth-order valence-corrected chi connectivity index (χ4v) is 4.60. The topological polar surface area (TPSA) is 91.9 Å². The molecule has 0 saturated heterocycles. The van der Waals surface area contributed by atoms with Gasteiger partial charge in [-0.1, -0.05) is 18.9 Å². The number of rotatable bonds is 5. The molecule has 2 saturated carbocycles. The first-order valence-electron chi connectivity index (χ1n) is 11.0. The van der Waals surface area contributed by atoms with Crippen LogP contribution in [0.2, 0.25) is 0 Å². The summed E-state index contributed by atoms with van der Waals surface area (Å²) in [6.45, 7) is 0. The van der Waals surface area contributed by atoms with Crippen LogP contribution in [0.3, 0.4) is 0 Å². The molecule has 3 N–H and O–H groups in total. The molecule has 5 rings (SSSR count). The van der Waals surface area contributed by atoms with Gasteiger partial charge in [-0.15, -0.1) is 0 Å². The predicted molar refractivity (Wildman–Crippen MR) is 118 cm³/mol. The Hall–Kier alpha value is -3.30. The minimum absolute atomic E-state index is 0.167. The smallest absolute Gasteiger partial charge is 0.419 e. The molecule has 3 aromatic rings. The number of alkyl halides is 3. The van der Waals surface area contributed by atoms with Gasteiger partial charge in [0.1, 0.15) is 5.56 Å². The second-order valence-electron chi connectivity index (χ2n) is 8.62. The zero-order valence-corrected chi connectivity index (χ0v) is 18.1. The fourth-order valence-electron chi connectivity index (χ4n) is 4.60. The lowest BCUT2D eigenvalue weighted by Gasteiger charge is -2.16. The summed E-state index contributed by atoms with van der Waals surface area (Å²) >= 11 is 0. The van der Waals surface area contributed by atoms with Crippen LogP contribution in [-0.2, 0) is 10.9 Å². The molecule has 0 unspecified atom stereocenters. The number of ether oxygens (including phenoxy) is 1. The van der Waals surface area contributed by atoms with Crippen molar-refractivity contribution in [3.63, 3.8) is 0 Å². The number of carbonyl (C=O) groups is 1. The molecule has 0 spiro atoms. The van der Waals surface area contributed by atoms with Gasteiger partial charge in [-0.05, 0) is 37.7 Å². The Bertz CT molecular complexity index is 1200. The first kappa shape index (κ1) is 21.5. The van der Waals surface area contributed by atoms with Crippen LogP contribution in [0, 0.1) is 0 Å². The number of halogens is 3. The van der Waals surface area contributed by atoms with E-state index in [1.807, 2.05) is 0 Å². The van der Waals surface area contributed by atoms with Crippen LogP contribution in [0.25, 0.3) is 22.2 Å². The number of nitrogens with one attached hydrogen (secondary N) is 3. The molecule has 10 heteroatoms. The Labute approximate surface area is 188 Å². The van der Waals surface area contributed by atoms with Crippen molar-refractivity contribution in [2.45, 2.75) is 56.7 Å². The maximum absolute atomic E-state index is 13.9. The fraction of sp³-hybridized carbons (Fsp3) is 0.435. The van der Waals surface area contributed by atoms with Gasteiger partial charge in [-0.25, -0.2) is 14.8 Å². The van der Waals surface area contributed by atoms with Crippen LogP contribution in [0.4, 0.5) is 29.6 Å². The average molecular weight is 459 g/mol. The Morgan fingerprint density at radius 3 is 2.61 bits per heavy atom. The number of carbonyl (C=O) groups excluding carboxylic acids is 1. The summed E-state index contributed by atoms with van der Waals surface area (Å²) in [5.41, 5.74) is 1.45. The quantitative estimate of drug-likeness (QED) is 0.432. The number of methoxy groups -OCH3 is 1. The van der Waals surface area contributed by atoms with Crippen molar-refractivity contribution >= 4 is 28.6 Å². The second-order valence-corrected chi connectivity index (χ2v) is 8.62. The van der Waals surface area contributed by atoms with E-state index in [0.717, 1.165) is 50.3 Å². The molecule has 174 valence electrons. The molecule has 0 bridgehead atoms. The highest BCUT2D eigenvalue weighted by atomic mass is 19.4. The molecule has 2 heterocycles. The van der Waals surface area contributed by atoms with E-state index in [1.165, 1.54) is 7.11 Å². The van der Waals surface area contributed by atoms with E-state index in [0.29, 0.717) is 22.2 Å². The van der Waals surface area contributed by atoms with Gasteiger partial charge in [-0.3, -0.25) is 5.32 Å². The van der Waals surface area contributed by atoms with E-state index in [2.05, 4.69) is 25.6 Å². The molecule has 0 aliphatic heterocycles. The number of anilines is 2. The van der Waals surface area contributed by atoms with Gasteiger partial charge in [0.05, 0.1) is 18.3 Å². The number of amides is 1. The number of H-pyrrole nitrogens is 1. The molecule has 0 radical (unpaired) electrons. The third-order valence-electron chi connectivity index (χ3n) is 6.34. The lowest BCUT2D eigenvalue weighted by Crippen LogP contribution is -2.18.